The van der Waals surface area contributed by atoms with E-state index in [1.54, 1.807) is 0 Å². The SMILES string of the molecule is CC1CCC(C(N)=O)CN1S(=O)(=O)c1ccc(N)c(Br)c1. The summed E-state index contributed by atoms with van der Waals surface area (Å²) in [4.78, 5) is 11.5. The summed E-state index contributed by atoms with van der Waals surface area (Å²) in [7, 11) is -3.68. The van der Waals surface area contributed by atoms with Crippen LogP contribution in [-0.2, 0) is 14.8 Å². The molecule has 1 saturated heterocycles. The van der Waals surface area contributed by atoms with Crippen LogP contribution in [0.4, 0.5) is 5.69 Å². The third kappa shape index (κ3) is 3.22. The third-order valence-electron chi connectivity index (χ3n) is 3.81. The molecule has 6 nitrogen and oxygen atoms in total. The zero-order valence-electron chi connectivity index (χ0n) is 11.6. The number of nitrogens with two attached hydrogens (primary N) is 2. The number of carbonyl (C=O) groups excluding carboxylic acids is 1. The molecular formula is C13H18BrN3O3S. The number of amides is 1. The van der Waals surface area contributed by atoms with Gasteiger partial charge in [-0.3, -0.25) is 4.79 Å². The molecule has 2 unspecified atom stereocenters. The monoisotopic (exact) mass is 375 g/mol. The first kappa shape index (κ1) is 16.3. The minimum Gasteiger partial charge on any atom is -0.398 e. The van der Waals surface area contributed by atoms with Crippen molar-refractivity contribution in [1.29, 1.82) is 0 Å². The van der Waals surface area contributed by atoms with Gasteiger partial charge in [-0.05, 0) is 53.9 Å². The van der Waals surface area contributed by atoms with Crippen LogP contribution in [0.3, 0.4) is 0 Å². The molecule has 0 radical (unpaired) electrons. The van der Waals surface area contributed by atoms with Gasteiger partial charge in [0.15, 0.2) is 0 Å². The zero-order chi connectivity index (χ0) is 15.8. The highest BCUT2D eigenvalue weighted by Gasteiger charge is 2.36. The molecule has 1 heterocycles. The number of rotatable bonds is 3. The number of carbonyl (C=O) groups is 1. The van der Waals surface area contributed by atoms with Gasteiger partial charge in [0.2, 0.25) is 15.9 Å². The first-order chi connectivity index (χ1) is 9.73. The Morgan fingerprint density at radius 2 is 2.05 bits per heavy atom. The number of sulfonamides is 1. The largest absolute Gasteiger partial charge is 0.398 e. The average Bonchev–Trinajstić information content (AvgIpc) is 2.41. The highest BCUT2D eigenvalue weighted by molar-refractivity contribution is 9.10. The molecule has 1 aromatic rings. The topological polar surface area (TPSA) is 106 Å². The molecule has 0 spiro atoms. The minimum atomic E-state index is -3.68. The Morgan fingerprint density at radius 1 is 1.38 bits per heavy atom. The van der Waals surface area contributed by atoms with Crippen molar-refractivity contribution in [3.8, 4) is 0 Å². The molecule has 0 saturated carbocycles. The van der Waals surface area contributed by atoms with Crippen LogP contribution >= 0.6 is 15.9 Å². The van der Waals surface area contributed by atoms with Crippen LogP contribution in [0.2, 0.25) is 0 Å². The molecule has 2 rings (SSSR count). The Hall–Kier alpha value is -1.12. The lowest BCUT2D eigenvalue weighted by Crippen LogP contribution is -2.48. The summed E-state index contributed by atoms with van der Waals surface area (Å²) in [6.45, 7) is 1.96. The fraction of sp³-hybridized carbons (Fsp3) is 0.462. The van der Waals surface area contributed by atoms with Crippen molar-refractivity contribution in [3.63, 3.8) is 0 Å². The second-order valence-electron chi connectivity index (χ2n) is 5.28. The first-order valence-electron chi connectivity index (χ1n) is 6.59. The molecule has 0 aromatic heterocycles. The van der Waals surface area contributed by atoms with Crippen LogP contribution in [0.25, 0.3) is 0 Å². The van der Waals surface area contributed by atoms with Gasteiger partial charge in [-0.15, -0.1) is 0 Å². The first-order valence-corrected chi connectivity index (χ1v) is 8.83. The summed E-state index contributed by atoms with van der Waals surface area (Å²) in [5.74, 6) is -0.895. The number of nitrogens with zero attached hydrogens (tertiary/aromatic N) is 1. The second-order valence-corrected chi connectivity index (χ2v) is 8.03. The standard InChI is InChI=1S/C13H18BrN3O3S/c1-8-2-3-9(13(16)18)7-17(8)21(19,20)10-4-5-12(15)11(14)6-10/h4-6,8-9H,2-3,7,15H2,1H3,(H2,16,18). The summed E-state index contributed by atoms with van der Waals surface area (Å²) < 4.78 is 27.4. The van der Waals surface area contributed by atoms with Gasteiger partial charge in [-0.2, -0.15) is 4.31 Å². The van der Waals surface area contributed by atoms with E-state index in [1.165, 1.54) is 22.5 Å². The predicted molar refractivity (Wildman–Crippen MR) is 83.8 cm³/mol. The Kier molecular flexibility index (Phi) is 4.60. The van der Waals surface area contributed by atoms with E-state index < -0.39 is 21.8 Å². The summed E-state index contributed by atoms with van der Waals surface area (Å²) >= 11 is 3.23. The molecule has 1 fully saturated rings. The average molecular weight is 376 g/mol. The Morgan fingerprint density at radius 3 is 2.62 bits per heavy atom. The smallest absolute Gasteiger partial charge is 0.243 e. The van der Waals surface area contributed by atoms with Gasteiger partial charge in [0.1, 0.15) is 0 Å². The van der Waals surface area contributed by atoms with E-state index in [0.717, 1.165) is 0 Å². The summed E-state index contributed by atoms with van der Waals surface area (Å²) in [5, 5.41) is 0. The van der Waals surface area contributed by atoms with Crippen LogP contribution in [0.1, 0.15) is 19.8 Å². The number of halogens is 1. The van der Waals surface area contributed by atoms with Gasteiger partial charge in [-0.1, -0.05) is 0 Å². The van der Waals surface area contributed by atoms with Gasteiger partial charge in [0, 0.05) is 22.7 Å². The quantitative estimate of drug-likeness (QED) is 0.776. The van der Waals surface area contributed by atoms with E-state index in [9.17, 15) is 13.2 Å². The van der Waals surface area contributed by atoms with E-state index in [0.29, 0.717) is 23.0 Å². The maximum absolute atomic E-state index is 12.7. The second kappa shape index (κ2) is 5.94. The predicted octanol–water partition coefficient (Wildman–Crippen LogP) is 1.31. The van der Waals surface area contributed by atoms with E-state index >= 15 is 0 Å². The number of nitrogen functional groups attached to an aromatic ring is 1. The lowest BCUT2D eigenvalue weighted by Gasteiger charge is -2.35. The van der Waals surface area contributed by atoms with Crippen LogP contribution in [0, 0.1) is 5.92 Å². The molecule has 21 heavy (non-hydrogen) atoms. The van der Waals surface area contributed by atoms with Crippen molar-refractivity contribution in [2.45, 2.75) is 30.7 Å². The molecular weight excluding hydrogens is 358 g/mol. The number of hydrogen-bond acceptors (Lipinski definition) is 4. The molecule has 8 heteroatoms. The van der Waals surface area contributed by atoms with Crippen molar-refractivity contribution >= 4 is 37.5 Å². The number of benzene rings is 1. The molecule has 0 bridgehead atoms. The van der Waals surface area contributed by atoms with Crippen LogP contribution in [0.15, 0.2) is 27.6 Å². The molecule has 2 atom stereocenters. The van der Waals surface area contributed by atoms with E-state index in [1.807, 2.05) is 6.92 Å². The Balaban J connectivity index is 2.36. The van der Waals surface area contributed by atoms with Gasteiger partial charge < -0.3 is 11.5 Å². The van der Waals surface area contributed by atoms with Crippen molar-refractivity contribution in [3.05, 3.63) is 22.7 Å². The van der Waals surface area contributed by atoms with Crippen molar-refractivity contribution in [2.75, 3.05) is 12.3 Å². The highest BCUT2D eigenvalue weighted by Crippen LogP contribution is 2.30. The maximum atomic E-state index is 12.7. The van der Waals surface area contributed by atoms with Crippen LogP contribution < -0.4 is 11.5 Å². The number of piperidine rings is 1. The lowest BCUT2D eigenvalue weighted by molar-refractivity contribution is -0.123. The molecule has 116 valence electrons. The molecule has 1 aliphatic rings. The van der Waals surface area contributed by atoms with E-state index in [2.05, 4.69) is 15.9 Å². The van der Waals surface area contributed by atoms with Gasteiger partial charge >= 0.3 is 0 Å². The fourth-order valence-corrected chi connectivity index (χ4v) is 4.71. The van der Waals surface area contributed by atoms with Gasteiger partial charge in [0.25, 0.3) is 0 Å². The lowest BCUT2D eigenvalue weighted by atomic mass is 9.95. The van der Waals surface area contributed by atoms with Gasteiger partial charge in [0.05, 0.1) is 10.8 Å². The summed E-state index contributed by atoms with van der Waals surface area (Å²) in [6, 6.07) is 4.32. The molecule has 1 aliphatic heterocycles. The highest BCUT2D eigenvalue weighted by atomic mass is 79.9. The maximum Gasteiger partial charge on any atom is 0.243 e. The van der Waals surface area contributed by atoms with Crippen molar-refractivity contribution in [1.82, 2.24) is 4.31 Å². The van der Waals surface area contributed by atoms with E-state index in [4.69, 9.17) is 11.5 Å². The summed E-state index contributed by atoms with van der Waals surface area (Å²) in [5.41, 5.74) is 11.5. The van der Waals surface area contributed by atoms with Crippen molar-refractivity contribution < 1.29 is 13.2 Å². The molecule has 1 aromatic carbocycles. The number of hydrogen-bond donors (Lipinski definition) is 2. The normalized spacial score (nSPS) is 23.9. The molecule has 4 N–H and O–H groups in total. The van der Waals surface area contributed by atoms with E-state index in [-0.39, 0.29) is 17.5 Å². The zero-order valence-corrected chi connectivity index (χ0v) is 14.0. The van der Waals surface area contributed by atoms with Crippen LogP contribution in [-0.4, -0.2) is 31.2 Å². The number of anilines is 1. The molecule has 0 aliphatic carbocycles. The minimum absolute atomic E-state index is 0.126. The Labute approximate surface area is 132 Å². The van der Waals surface area contributed by atoms with Gasteiger partial charge in [-0.25, -0.2) is 8.42 Å². The Bertz CT molecular complexity index is 663. The fourth-order valence-electron chi connectivity index (χ4n) is 2.45. The molecule has 1 amide bonds. The summed E-state index contributed by atoms with van der Waals surface area (Å²) in [6.07, 6.45) is 1.23. The van der Waals surface area contributed by atoms with Crippen molar-refractivity contribution in [2.24, 2.45) is 11.7 Å². The number of primary amides is 1. The third-order valence-corrected chi connectivity index (χ3v) is 6.47. The van der Waals surface area contributed by atoms with Crippen LogP contribution in [0.5, 0.6) is 0 Å².